The molecule has 0 saturated carbocycles. The summed E-state index contributed by atoms with van der Waals surface area (Å²) >= 11 is 0. The molecule has 7 heavy (non-hydrogen) atoms. The van der Waals surface area contributed by atoms with E-state index in [0.717, 1.165) is 0 Å². The quantitative estimate of drug-likeness (QED) is 0.387. The lowest BCUT2D eigenvalue weighted by atomic mass is 10.5. The van der Waals surface area contributed by atoms with Crippen LogP contribution < -0.4 is 0 Å². The first kappa shape index (κ1) is 6.08. The normalized spacial score (nSPS) is 13.0. The monoisotopic (exact) mass is 100 g/mol. The van der Waals surface area contributed by atoms with E-state index < -0.39 is 0 Å². The molecule has 0 bridgehead atoms. The molecule has 0 atom stereocenters. The summed E-state index contributed by atoms with van der Waals surface area (Å²) in [4.78, 5) is 0. The van der Waals surface area contributed by atoms with Gasteiger partial charge in [-0.1, -0.05) is 6.08 Å². The molecule has 0 heterocycles. The van der Waals surface area contributed by atoms with E-state index in [1.54, 1.807) is 13.0 Å². The smallest absolute Gasteiger partial charge is 0.149 e. The molecule has 0 saturated heterocycles. The lowest BCUT2D eigenvalue weighted by Gasteiger charge is -1.80. The highest BCUT2D eigenvalue weighted by Crippen LogP contribution is 1.85. The lowest BCUT2D eigenvalue weighted by molar-refractivity contribution is 0.377. The Morgan fingerprint density at radius 3 is 2.29 bits per heavy atom. The Bertz CT molecular complexity index is 92.3. The largest absolute Gasteiger partial charge is 0.512 e. The van der Waals surface area contributed by atoms with E-state index in [-0.39, 0.29) is 5.76 Å². The summed E-state index contributed by atoms with van der Waals surface area (Å²) < 4.78 is 0. The predicted octanol–water partition coefficient (Wildman–Crippen LogP) is 1.52. The van der Waals surface area contributed by atoms with Crippen molar-refractivity contribution in [2.24, 2.45) is 0 Å². The number of allylic oxidation sites excluding steroid dienone is 2. The Balaban J connectivity index is 3.58. The van der Waals surface area contributed by atoms with Crippen LogP contribution in [0.5, 0.6) is 0 Å². The number of aliphatic hydroxyl groups is 2. The van der Waals surface area contributed by atoms with E-state index >= 15 is 0 Å². The maximum atomic E-state index is 8.38. The molecule has 40 valence electrons. The molecule has 0 aliphatic rings. The molecule has 0 fully saturated rings. The number of hydrogen-bond donors (Lipinski definition) is 2. The highest BCUT2D eigenvalue weighted by atomic mass is 16.3. The molecular formula is C5H8O2. The zero-order valence-electron chi connectivity index (χ0n) is 4.13. The Morgan fingerprint density at radius 1 is 1.57 bits per heavy atom. The minimum absolute atomic E-state index is 0.123. The second kappa shape index (κ2) is 3.28. The molecule has 0 radical (unpaired) electrons. The highest BCUT2D eigenvalue weighted by Gasteiger charge is 1.75. The van der Waals surface area contributed by atoms with Crippen LogP contribution in [-0.4, -0.2) is 10.2 Å². The van der Waals surface area contributed by atoms with E-state index in [1.807, 2.05) is 0 Å². The molecule has 0 rings (SSSR count). The maximum Gasteiger partial charge on any atom is 0.149 e. The van der Waals surface area contributed by atoms with Gasteiger partial charge in [-0.15, -0.1) is 0 Å². The van der Waals surface area contributed by atoms with Crippen LogP contribution in [0.15, 0.2) is 24.2 Å². The van der Waals surface area contributed by atoms with Crippen LogP contribution in [0, 0.1) is 0 Å². The molecule has 0 aromatic carbocycles. The first-order valence-electron chi connectivity index (χ1n) is 1.97. The van der Waals surface area contributed by atoms with Crippen LogP contribution in [0.1, 0.15) is 6.92 Å². The second-order valence-corrected chi connectivity index (χ2v) is 1.05. The minimum atomic E-state index is -0.123. The summed E-state index contributed by atoms with van der Waals surface area (Å²) in [5.41, 5.74) is 0. The summed E-state index contributed by atoms with van der Waals surface area (Å²) in [5.74, 6) is -0.123. The second-order valence-electron chi connectivity index (χ2n) is 1.05. The van der Waals surface area contributed by atoms with Gasteiger partial charge in [-0.25, -0.2) is 0 Å². The molecule has 0 spiro atoms. The maximum absolute atomic E-state index is 8.38. The van der Waals surface area contributed by atoms with Crippen molar-refractivity contribution in [3.63, 3.8) is 0 Å². The third kappa shape index (κ3) is 2.89. The Hall–Kier alpha value is -0.920. The fourth-order valence-electron chi connectivity index (χ4n) is 0.214. The minimum Gasteiger partial charge on any atom is -0.512 e. The lowest BCUT2D eigenvalue weighted by Crippen LogP contribution is -1.69. The molecule has 2 N–H and O–H groups in total. The predicted molar refractivity (Wildman–Crippen MR) is 28.2 cm³/mol. The van der Waals surface area contributed by atoms with Crippen molar-refractivity contribution in [3.05, 3.63) is 24.2 Å². The average molecular weight is 100 g/mol. The van der Waals surface area contributed by atoms with Gasteiger partial charge in [-0.05, 0) is 13.0 Å². The molecule has 0 unspecified atom stereocenters. The van der Waals surface area contributed by atoms with Crippen LogP contribution in [-0.2, 0) is 0 Å². The van der Waals surface area contributed by atoms with Crippen molar-refractivity contribution in [1.82, 2.24) is 0 Å². The first-order chi connectivity index (χ1) is 3.31. The molecule has 0 aromatic heterocycles. The summed E-state index contributed by atoms with van der Waals surface area (Å²) in [6, 6.07) is 0. The SMILES string of the molecule is C/C=C/C(O)=C\O. The molecule has 2 heteroatoms. The van der Waals surface area contributed by atoms with Crippen molar-refractivity contribution in [3.8, 4) is 0 Å². The van der Waals surface area contributed by atoms with E-state index in [1.165, 1.54) is 6.08 Å². The molecular weight excluding hydrogens is 92.1 g/mol. The third-order valence-electron chi connectivity index (χ3n) is 0.470. The van der Waals surface area contributed by atoms with Gasteiger partial charge >= 0.3 is 0 Å². The van der Waals surface area contributed by atoms with Crippen LogP contribution >= 0.6 is 0 Å². The topological polar surface area (TPSA) is 40.5 Å². The van der Waals surface area contributed by atoms with E-state index in [4.69, 9.17) is 10.2 Å². The molecule has 0 aromatic rings. The van der Waals surface area contributed by atoms with E-state index in [9.17, 15) is 0 Å². The zero-order chi connectivity index (χ0) is 5.70. The van der Waals surface area contributed by atoms with Crippen LogP contribution in [0.2, 0.25) is 0 Å². The van der Waals surface area contributed by atoms with Crippen LogP contribution in [0.3, 0.4) is 0 Å². The standard InChI is InChI=1S/C5H8O2/c1-2-3-5(7)4-6/h2-4,6-7H,1H3/b3-2+,5-4+. The first-order valence-corrected chi connectivity index (χ1v) is 1.97. The van der Waals surface area contributed by atoms with Gasteiger partial charge in [-0.2, -0.15) is 0 Å². The Labute approximate surface area is 42.4 Å². The highest BCUT2D eigenvalue weighted by molar-refractivity contribution is 5.05. The van der Waals surface area contributed by atoms with Crippen molar-refractivity contribution < 1.29 is 10.2 Å². The number of aliphatic hydroxyl groups excluding tert-OH is 2. The fourth-order valence-corrected chi connectivity index (χ4v) is 0.214. The Morgan fingerprint density at radius 2 is 2.14 bits per heavy atom. The molecule has 0 aliphatic heterocycles. The van der Waals surface area contributed by atoms with Gasteiger partial charge in [0.05, 0.1) is 0 Å². The fraction of sp³-hybridized carbons (Fsp3) is 0.200. The van der Waals surface area contributed by atoms with Gasteiger partial charge in [0.1, 0.15) is 12.0 Å². The summed E-state index contributed by atoms with van der Waals surface area (Å²) in [5, 5.41) is 16.4. The Kier molecular flexibility index (Phi) is 2.85. The summed E-state index contributed by atoms with van der Waals surface area (Å²) in [6.07, 6.45) is 3.65. The van der Waals surface area contributed by atoms with Gasteiger partial charge < -0.3 is 10.2 Å². The molecule has 0 amide bonds. The van der Waals surface area contributed by atoms with Crippen LogP contribution in [0.4, 0.5) is 0 Å². The number of rotatable bonds is 1. The van der Waals surface area contributed by atoms with Gasteiger partial charge in [-0.3, -0.25) is 0 Å². The van der Waals surface area contributed by atoms with Crippen molar-refractivity contribution in [2.45, 2.75) is 6.92 Å². The summed E-state index contributed by atoms with van der Waals surface area (Å²) in [6.45, 7) is 1.75. The zero-order valence-corrected chi connectivity index (χ0v) is 4.13. The van der Waals surface area contributed by atoms with Crippen molar-refractivity contribution in [1.29, 1.82) is 0 Å². The summed E-state index contributed by atoms with van der Waals surface area (Å²) in [7, 11) is 0. The van der Waals surface area contributed by atoms with Crippen molar-refractivity contribution in [2.75, 3.05) is 0 Å². The number of hydrogen-bond acceptors (Lipinski definition) is 2. The van der Waals surface area contributed by atoms with Crippen LogP contribution in [0.25, 0.3) is 0 Å². The van der Waals surface area contributed by atoms with Gasteiger partial charge in [0.2, 0.25) is 0 Å². The van der Waals surface area contributed by atoms with Gasteiger partial charge in [0, 0.05) is 0 Å². The van der Waals surface area contributed by atoms with Crippen molar-refractivity contribution >= 4 is 0 Å². The molecule has 0 aliphatic carbocycles. The van der Waals surface area contributed by atoms with Gasteiger partial charge in [0.15, 0.2) is 0 Å². The molecule has 2 nitrogen and oxygen atoms in total. The average Bonchev–Trinajstić information content (AvgIpc) is 1.68. The van der Waals surface area contributed by atoms with Gasteiger partial charge in [0.25, 0.3) is 0 Å². The third-order valence-corrected chi connectivity index (χ3v) is 0.470. The van der Waals surface area contributed by atoms with E-state index in [0.29, 0.717) is 6.26 Å². The van der Waals surface area contributed by atoms with E-state index in [2.05, 4.69) is 0 Å².